The molecular formula is C24H26N4O3. The van der Waals surface area contributed by atoms with Gasteiger partial charge < -0.3 is 15.0 Å². The fourth-order valence-electron chi connectivity index (χ4n) is 4.52. The first-order chi connectivity index (χ1) is 14.8. The van der Waals surface area contributed by atoms with Gasteiger partial charge in [-0.15, -0.1) is 0 Å². The zero-order chi connectivity index (χ0) is 21.8. The molecule has 0 atom stereocenters. The van der Waals surface area contributed by atoms with Crippen LogP contribution in [0.5, 0.6) is 5.75 Å². The largest absolute Gasteiger partial charge is 0.467 e. The van der Waals surface area contributed by atoms with Crippen molar-refractivity contribution >= 4 is 22.7 Å². The van der Waals surface area contributed by atoms with E-state index in [-0.39, 0.29) is 11.8 Å². The number of aromatic nitrogens is 2. The van der Waals surface area contributed by atoms with Crippen LogP contribution in [-0.4, -0.2) is 45.7 Å². The number of hydrogen-bond donors (Lipinski definition) is 2. The summed E-state index contributed by atoms with van der Waals surface area (Å²) in [6.07, 6.45) is 2.82. The number of hydrogen-bond acceptors (Lipinski definition) is 4. The van der Waals surface area contributed by atoms with Crippen LogP contribution in [0.15, 0.2) is 36.5 Å². The molecule has 1 saturated heterocycles. The molecule has 0 radical (unpaired) electrons. The van der Waals surface area contributed by atoms with Gasteiger partial charge in [0.15, 0.2) is 5.72 Å². The minimum atomic E-state index is -0.759. The maximum Gasteiger partial charge on any atom is 0.258 e. The number of fused-ring (bicyclic) bond motifs is 2. The van der Waals surface area contributed by atoms with E-state index in [0.717, 1.165) is 22.0 Å². The summed E-state index contributed by atoms with van der Waals surface area (Å²) in [5, 5.41) is 11.0. The highest BCUT2D eigenvalue weighted by Gasteiger charge is 2.43. The number of ether oxygens (including phenoxy) is 1. The molecule has 7 heteroatoms. The molecule has 160 valence electrons. The summed E-state index contributed by atoms with van der Waals surface area (Å²) in [6, 6.07) is 9.60. The van der Waals surface area contributed by atoms with Crippen LogP contribution in [0.4, 0.5) is 0 Å². The van der Waals surface area contributed by atoms with Crippen molar-refractivity contribution in [2.45, 2.75) is 45.3 Å². The van der Waals surface area contributed by atoms with Crippen molar-refractivity contribution in [2.75, 3.05) is 13.1 Å². The average Bonchev–Trinajstić information content (AvgIpc) is 3.23. The fourth-order valence-corrected chi connectivity index (χ4v) is 4.52. The Morgan fingerprint density at radius 3 is 2.71 bits per heavy atom. The second kappa shape index (κ2) is 7.11. The maximum absolute atomic E-state index is 13.1. The Bertz CT molecular complexity index is 1190. The van der Waals surface area contributed by atoms with Crippen molar-refractivity contribution in [3.63, 3.8) is 0 Å². The molecule has 0 unspecified atom stereocenters. The molecule has 1 spiro atoms. The highest BCUT2D eigenvalue weighted by Crippen LogP contribution is 2.35. The van der Waals surface area contributed by atoms with Gasteiger partial charge in [-0.3, -0.25) is 14.7 Å². The number of piperidine rings is 1. The van der Waals surface area contributed by atoms with Crippen LogP contribution in [-0.2, 0) is 0 Å². The Morgan fingerprint density at radius 2 is 1.97 bits per heavy atom. The predicted molar refractivity (Wildman–Crippen MR) is 117 cm³/mol. The lowest BCUT2D eigenvalue weighted by Gasteiger charge is -2.44. The molecular weight excluding hydrogens is 392 g/mol. The van der Waals surface area contributed by atoms with E-state index in [2.05, 4.69) is 29.4 Å². The molecule has 2 aliphatic rings. The van der Waals surface area contributed by atoms with Gasteiger partial charge in [-0.1, -0.05) is 19.9 Å². The molecule has 1 aromatic heterocycles. The van der Waals surface area contributed by atoms with Crippen molar-refractivity contribution in [1.29, 1.82) is 0 Å². The highest BCUT2D eigenvalue weighted by molar-refractivity contribution is 6.00. The van der Waals surface area contributed by atoms with Gasteiger partial charge in [-0.2, -0.15) is 5.10 Å². The van der Waals surface area contributed by atoms with Crippen LogP contribution >= 0.6 is 0 Å². The van der Waals surface area contributed by atoms with E-state index < -0.39 is 5.72 Å². The number of nitrogens with zero attached hydrogens (tertiary/aromatic N) is 2. The molecule has 3 heterocycles. The monoisotopic (exact) mass is 418 g/mol. The number of aromatic amines is 1. The summed E-state index contributed by atoms with van der Waals surface area (Å²) in [4.78, 5) is 27.8. The van der Waals surface area contributed by atoms with E-state index in [1.165, 1.54) is 0 Å². The smallest absolute Gasteiger partial charge is 0.258 e. The van der Waals surface area contributed by atoms with Crippen LogP contribution in [0.3, 0.4) is 0 Å². The molecule has 2 aromatic carbocycles. The summed E-state index contributed by atoms with van der Waals surface area (Å²) in [7, 11) is 0. The van der Waals surface area contributed by atoms with Crippen LogP contribution in [0.2, 0.25) is 0 Å². The lowest BCUT2D eigenvalue weighted by Crippen LogP contribution is -2.61. The summed E-state index contributed by atoms with van der Waals surface area (Å²) < 4.78 is 6.28. The maximum atomic E-state index is 13.1. The number of benzene rings is 2. The van der Waals surface area contributed by atoms with Crippen LogP contribution in [0.1, 0.15) is 64.4 Å². The quantitative estimate of drug-likeness (QED) is 0.664. The number of aryl methyl sites for hydroxylation is 1. The van der Waals surface area contributed by atoms with Crippen molar-refractivity contribution in [3.05, 3.63) is 58.8 Å². The molecule has 31 heavy (non-hydrogen) atoms. The van der Waals surface area contributed by atoms with E-state index in [0.29, 0.717) is 48.7 Å². The van der Waals surface area contributed by atoms with E-state index >= 15 is 0 Å². The molecule has 0 aliphatic carbocycles. The first-order valence-electron chi connectivity index (χ1n) is 10.7. The Morgan fingerprint density at radius 1 is 1.19 bits per heavy atom. The van der Waals surface area contributed by atoms with E-state index in [1.54, 1.807) is 6.20 Å². The van der Waals surface area contributed by atoms with Crippen molar-refractivity contribution < 1.29 is 14.3 Å². The first-order valence-corrected chi connectivity index (χ1v) is 10.7. The summed E-state index contributed by atoms with van der Waals surface area (Å²) in [6.45, 7) is 7.20. The number of H-pyrrole nitrogens is 1. The third-order valence-corrected chi connectivity index (χ3v) is 6.41. The first kappa shape index (κ1) is 19.6. The minimum absolute atomic E-state index is 0.00911. The van der Waals surface area contributed by atoms with Crippen LogP contribution < -0.4 is 10.1 Å². The van der Waals surface area contributed by atoms with Gasteiger partial charge in [0, 0.05) is 36.9 Å². The Hall–Kier alpha value is -3.35. The minimum Gasteiger partial charge on any atom is -0.467 e. The number of nitrogens with one attached hydrogen (secondary N) is 2. The van der Waals surface area contributed by atoms with Crippen molar-refractivity contribution in [2.24, 2.45) is 0 Å². The van der Waals surface area contributed by atoms with Gasteiger partial charge in [-0.05, 0) is 48.2 Å². The lowest BCUT2D eigenvalue weighted by atomic mass is 9.94. The predicted octanol–water partition coefficient (Wildman–Crippen LogP) is 3.75. The molecule has 5 rings (SSSR count). The van der Waals surface area contributed by atoms with E-state index in [1.807, 2.05) is 42.2 Å². The second-order valence-corrected chi connectivity index (χ2v) is 8.88. The second-order valence-electron chi connectivity index (χ2n) is 8.88. The number of likely N-dealkylation sites (tertiary alicyclic amines) is 1. The molecule has 1 fully saturated rings. The third kappa shape index (κ3) is 3.34. The molecule has 0 bridgehead atoms. The topological polar surface area (TPSA) is 87.3 Å². The van der Waals surface area contributed by atoms with Crippen LogP contribution in [0.25, 0.3) is 10.9 Å². The van der Waals surface area contributed by atoms with Gasteiger partial charge in [-0.25, -0.2) is 0 Å². The zero-order valence-electron chi connectivity index (χ0n) is 18.0. The van der Waals surface area contributed by atoms with Gasteiger partial charge in [0.2, 0.25) is 0 Å². The lowest BCUT2D eigenvalue weighted by molar-refractivity contribution is -0.0245. The Labute approximate surface area is 180 Å². The summed E-state index contributed by atoms with van der Waals surface area (Å²) in [5.41, 5.74) is 3.53. The number of carbonyl (C=O) groups is 2. The average molecular weight is 418 g/mol. The van der Waals surface area contributed by atoms with Crippen molar-refractivity contribution in [3.8, 4) is 5.75 Å². The number of rotatable bonds is 2. The van der Waals surface area contributed by atoms with Gasteiger partial charge in [0.1, 0.15) is 5.75 Å². The third-order valence-electron chi connectivity index (χ3n) is 6.41. The molecule has 3 aromatic rings. The fraction of sp³-hybridized carbons (Fsp3) is 0.375. The van der Waals surface area contributed by atoms with Crippen molar-refractivity contribution in [1.82, 2.24) is 20.4 Å². The number of carbonyl (C=O) groups excluding carboxylic acids is 2. The normalized spacial score (nSPS) is 17.5. The molecule has 0 saturated carbocycles. The molecule has 2 amide bonds. The SMILES string of the molecule is Cc1cc(C(=O)N2CCC3(CC2)NC(=O)c2cc(C(C)C)ccc2O3)cc2cn[nH]c12. The Kier molecular flexibility index (Phi) is 4.50. The molecule has 2 N–H and O–H groups in total. The van der Waals surface area contributed by atoms with Gasteiger partial charge in [0.25, 0.3) is 11.8 Å². The van der Waals surface area contributed by atoms with E-state index in [4.69, 9.17) is 4.74 Å². The summed E-state index contributed by atoms with van der Waals surface area (Å²) >= 11 is 0. The van der Waals surface area contributed by atoms with E-state index in [9.17, 15) is 9.59 Å². The highest BCUT2D eigenvalue weighted by atomic mass is 16.5. The summed E-state index contributed by atoms with van der Waals surface area (Å²) in [5.74, 6) is 0.844. The molecule has 7 nitrogen and oxygen atoms in total. The van der Waals surface area contributed by atoms with Gasteiger partial charge in [0.05, 0.1) is 17.3 Å². The Balaban J connectivity index is 1.32. The van der Waals surface area contributed by atoms with Crippen LogP contribution in [0, 0.1) is 6.92 Å². The van der Waals surface area contributed by atoms with Gasteiger partial charge >= 0.3 is 0 Å². The molecule has 2 aliphatic heterocycles. The standard InChI is InChI=1S/C24H26N4O3/c1-14(2)16-4-5-20-19(12-16)22(29)26-24(31-20)6-8-28(9-7-24)23(30)17-10-15(3)21-18(11-17)13-25-27-21/h4-5,10-14H,6-9H2,1-3H3,(H,25,27)(H,26,29). The zero-order valence-corrected chi connectivity index (χ0v) is 18.0. The number of amides is 2.